The lowest BCUT2D eigenvalue weighted by Crippen LogP contribution is -2.41. The minimum absolute atomic E-state index is 0.0127. The number of carboxylic acids is 1. The Balaban J connectivity index is 1.95. The van der Waals surface area contributed by atoms with Crippen LogP contribution in [0.5, 0.6) is 0 Å². The summed E-state index contributed by atoms with van der Waals surface area (Å²) in [5.41, 5.74) is 2.46. The van der Waals surface area contributed by atoms with Crippen LogP contribution in [0.25, 0.3) is 0 Å². The van der Waals surface area contributed by atoms with Crippen molar-refractivity contribution in [2.24, 2.45) is 0 Å². The molecule has 1 aliphatic rings. The molecule has 3 unspecified atom stereocenters. The lowest BCUT2D eigenvalue weighted by molar-refractivity contribution is -0.145. The Bertz CT molecular complexity index is 590. The van der Waals surface area contributed by atoms with E-state index in [9.17, 15) is 14.7 Å². The smallest absolute Gasteiger partial charge is 0.330 e. The topological polar surface area (TPSA) is 84.9 Å². The number of benzene rings is 1. The van der Waals surface area contributed by atoms with E-state index in [1.54, 1.807) is 19.1 Å². The van der Waals surface area contributed by atoms with E-state index >= 15 is 0 Å². The van der Waals surface area contributed by atoms with Gasteiger partial charge in [-0.3, -0.25) is 4.79 Å². The van der Waals surface area contributed by atoms with Crippen LogP contribution >= 0.6 is 0 Å². The first-order chi connectivity index (χ1) is 11.9. The number of carbonyl (C=O) groups excluding carboxylic acids is 1. The van der Waals surface area contributed by atoms with E-state index in [0.29, 0.717) is 12.2 Å². The summed E-state index contributed by atoms with van der Waals surface area (Å²) in [7, 11) is 0. The van der Waals surface area contributed by atoms with Gasteiger partial charge in [0.1, 0.15) is 6.10 Å². The van der Waals surface area contributed by atoms with E-state index in [1.165, 1.54) is 0 Å². The van der Waals surface area contributed by atoms with Crippen LogP contribution in [0.2, 0.25) is 0 Å². The van der Waals surface area contributed by atoms with Crippen molar-refractivity contribution in [3.63, 3.8) is 0 Å². The Kier molecular flexibility index (Phi) is 6.96. The van der Waals surface area contributed by atoms with Gasteiger partial charge < -0.3 is 19.9 Å². The van der Waals surface area contributed by atoms with Crippen molar-refractivity contribution in [2.45, 2.75) is 58.3 Å². The van der Waals surface area contributed by atoms with Gasteiger partial charge in [-0.2, -0.15) is 0 Å². The molecule has 6 heteroatoms. The molecule has 2 N–H and O–H groups in total. The SMILES string of the molecule is Cc1cc(C)cc(C(NC(=O)C(C)OCC2CCCCO2)C(=O)O)c1. The highest BCUT2D eigenvalue weighted by Gasteiger charge is 2.26. The molecule has 0 bridgehead atoms. The molecular formula is C19H27NO5. The quantitative estimate of drug-likeness (QED) is 0.790. The summed E-state index contributed by atoms with van der Waals surface area (Å²) in [4.78, 5) is 23.9. The van der Waals surface area contributed by atoms with Crippen LogP contribution in [-0.2, 0) is 19.1 Å². The van der Waals surface area contributed by atoms with Crippen molar-refractivity contribution >= 4 is 11.9 Å². The maximum Gasteiger partial charge on any atom is 0.330 e. The summed E-state index contributed by atoms with van der Waals surface area (Å²) in [6.07, 6.45) is 2.36. The molecule has 1 heterocycles. The first kappa shape index (κ1) is 19.4. The molecule has 1 aromatic rings. The van der Waals surface area contributed by atoms with Gasteiger partial charge >= 0.3 is 5.97 Å². The number of rotatable bonds is 7. The normalized spacial score (nSPS) is 19.9. The van der Waals surface area contributed by atoms with Gasteiger partial charge in [0.05, 0.1) is 12.7 Å². The van der Waals surface area contributed by atoms with Gasteiger partial charge in [-0.15, -0.1) is 0 Å². The molecule has 0 radical (unpaired) electrons. The lowest BCUT2D eigenvalue weighted by atomic mass is 10.0. The van der Waals surface area contributed by atoms with Crippen molar-refractivity contribution in [1.82, 2.24) is 5.32 Å². The molecule has 0 spiro atoms. The largest absolute Gasteiger partial charge is 0.479 e. The Morgan fingerprint density at radius 3 is 2.52 bits per heavy atom. The summed E-state index contributed by atoms with van der Waals surface area (Å²) >= 11 is 0. The molecule has 1 fully saturated rings. The fraction of sp³-hybridized carbons (Fsp3) is 0.579. The molecule has 0 saturated carbocycles. The number of nitrogens with one attached hydrogen (secondary N) is 1. The number of hydrogen-bond donors (Lipinski definition) is 2. The highest BCUT2D eigenvalue weighted by Crippen LogP contribution is 2.18. The number of ether oxygens (including phenoxy) is 2. The van der Waals surface area contributed by atoms with E-state index in [4.69, 9.17) is 9.47 Å². The summed E-state index contributed by atoms with van der Waals surface area (Å²) < 4.78 is 11.1. The van der Waals surface area contributed by atoms with Gasteiger partial charge in [0, 0.05) is 6.61 Å². The van der Waals surface area contributed by atoms with Gasteiger partial charge in [0.15, 0.2) is 6.04 Å². The standard InChI is InChI=1S/C19H27NO5/c1-12-8-13(2)10-15(9-12)17(19(22)23)20-18(21)14(3)25-11-16-6-4-5-7-24-16/h8-10,14,16-17H,4-7,11H2,1-3H3,(H,20,21)(H,22,23). The predicted molar refractivity (Wildman–Crippen MR) is 93.4 cm³/mol. The molecule has 1 amide bonds. The number of hydrogen-bond acceptors (Lipinski definition) is 4. The predicted octanol–water partition coefficient (Wildman–Crippen LogP) is 2.52. The fourth-order valence-corrected chi connectivity index (χ4v) is 2.99. The Hall–Kier alpha value is -1.92. The third-order valence-electron chi connectivity index (χ3n) is 4.29. The van der Waals surface area contributed by atoms with E-state index < -0.39 is 24.0 Å². The molecule has 0 aromatic heterocycles. The highest BCUT2D eigenvalue weighted by molar-refractivity contribution is 5.86. The summed E-state index contributed by atoms with van der Waals surface area (Å²) in [6.45, 7) is 6.48. The average Bonchev–Trinajstić information content (AvgIpc) is 2.57. The van der Waals surface area contributed by atoms with E-state index in [1.807, 2.05) is 19.9 Å². The number of aryl methyl sites for hydroxylation is 2. The van der Waals surface area contributed by atoms with Gasteiger partial charge in [-0.05, 0) is 45.6 Å². The summed E-state index contributed by atoms with van der Waals surface area (Å²) in [5.74, 6) is -1.54. The molecule has 138 valence electrons. The van der Waals surface area contributed by atoms with Crippen LogP contribution in [0.3, 0.4) is 0 Å². The molecular weight excluding hydrogens is 322 g/mol. The highest BCUT2D eigenvalue weighted by atomic mass is 16.5. The number of carboxylic acid groups (broad SMARTS) is 1. The second-order valence-corrected chi connectivity index (χ2v) is 6.67. The monoisotopic (exact) mass is 349 g/mol. The zero-order chi connectivity index (χ0) is 18.4. The number of aliphatic carboxylic acids is 1. The van der Waals surface area contributed by atoms with Crippen LogP contribution in [0, 0.1) is 13.8 Å². The molecule has 25 heavy (non-hydrogen) atoms. The first-order valence-corrected chi connectivity index (χ1v) is 8.71. The molecule has 6 nitrogen and oxygen atoms in total. The van der Waals surface area contributed by atoms with Gasteiger partial charge in [0.2, 0.25) is 5.91 Å². The Morgan fingerprint density at radius 2 is 1.96 bits per heavy atom. The van der Waals surface area contributed by atoms with Crippen LogP contribution in [0.4, 0.5) is 0 Å². The number of amides is 1. The molecule has 3 atom stereocenters. The van der Waals surface area contributed by atoms with Crippen molar-refractivity contribution in [3.8, 4) is 0 Å². The Labute approximate surface area is 148 Å². The second kappa shape index (κ2) is 8.97. The maximum atomic E-state index is 12.3. The number of carbonyl (C=O) groups is 2. The third-order valence-corrected chi connectivity index (χ3v) is 4.29. The van der Waals surface area contributed by atoms with Crippen molar-refractivity contribution in [1.29, 1.82) is 0 Å². The molecule has 2 rings (SSSR count). The zero-order valence-corrected chi connectivity index (χ0v) is 15.1. The van der Waals surface area contributed by atoms with Crippen molar-refractivity contribution in [2.75, 3.05) is 13.2 Å². The zero-order valence-electron chi connectivity index (χ0n) is 15.1. The second-order valence-electron chi connectivity index (χ2n) is 6.67. The van der Waals surface area contributed by atoms with Crippen LogP contribution < -0.4 is 5.32 Å². The average molecular weight is 349 g/mol. The minimum atomic E-state index is -1.10. The van der Waals surface area contributed by atoms with Crippen molar-refractivity contribution < 1.29 is 24.2 Å². The van der Waals surface area contributed by atoms with Crippen LogP contribution in [0.15, 0.2) is 18.2 Å². The van der Waals surface area contributed by atoms with Gasteiger partial charge in [-0.1, -0.05) is 29.3 Å². The van der Waals surface area contributed by atoms with E-state index in [0.717, 1.165) is 37.0 Å². The van der Waals surface area contributed by atoms with Crippen molar-refractivity contribution in [3.05, 3.63) is 34.9 Å². The summed E-state index contributed by atoms with van der Waals surface area (Å²) in [6, 6.07) is 4.41. The molecule has 1 saturated heterocycles. The van der Waals surface area contributed by atoms with Crippen LogP contribution in [0.1, 0.15) is 48.9 Å². The fourth-order valence-electron chi connectivity index (χ4n) is 2.99. The van der Waals surface area contributed by atoms with E-state index in [-0.39, 0.29) is 6.10 Å². The molecule has 1 aliphatic heterocycles. The molecule has 0 aliphatic carbocycles. The van der Waals surface area contributed by atoms with Crippen LogP contribution in [-0.4, -0.2) is 42.4 Å². The van der Waals surface area contributed by atoms with E-state index in [2.05, 4.69) is 5.32 Å². The maximum absolute atomic E-state index is 12.3. The minimum Gasteiger partial charge on any atom is -0.479 e. The third kappa shape index (κ3) is 5.83. The summed E-state index contributed by atoms with van der Waals surface area (Å²) in [5, 5.41) is 12.1. The van der Waals surface area contributed by atoms with Gasteiger partial charge in [-0.25, -0.2) is 4.79 Å². The first-order valence-electron chi connectivity index (χ1n) is 8.71. The lowest BCUT2D eigenvalue weighted by Gasteiger charge is -2.24. The Morgan fingerprint density at radius 1 is 1.28 bits per heavy atom. The van der Waals surface area contributed by atoms with Gasteiger partial charge in [0.25, 0.3) is 0 Å². The molecule has 1 aromatic carbocycles.